The highest BCUT2D eigenvalue weighted by atomic mass is 19.4. The van der Waals surface area contributed by atoms with Crippen LogP contribution < -0.4 is 5.32 Å². The third-order valence-electron chi connectivity index (χ3n) is 3.84. The van der Waals surface area contributed by atoms with Gasteiger partial charge >= 0.3 is 12.1 Å². The molecular weight excluding hydrogens is 349 g/mol. The molecule has 2 N–H and O–H groups in total. The lowest BCUT2D eigenvalue weighted by molar-refractivity contribution is -0.137. The van der Waals surface area contributed by atoms with Crippen molar-refractivity contribution in [2.24, 2.45) is 0 Å². The van der Waals surface area contributed by atoms with Crippen LogP contribution >= 0.6 is 0 Å². The normalized spacial score (nSPS) is 11.3. The standard InChI is InChI=1S/C18H19F3N2O3/c1-4-26-17(25)15-10(2)16(23-11(15)3)14(24)9-22-13-7-5-6-12(8-13)18(19,20)21/h5-8,22-23H,4,9H2,1-3H3. The number of nitrogens with one attached hydrogen (secondary N) is 2. The summed E-state index contributed by atoms with van der Waals surface area (Å²) in [6.45, 7) is 4.94. The van der Waals surface area contributed by atoms with E-state index in [9.17, 15) is 22.8 Å². The van der Waals surface area contributed by atoms with Gasteiger partial charge in [-0.1, -0.05) is 6.07 Å². The number of benzene rings is 1. The average molecular weight is 368 g/mol. The summed E-state index contributed by atoms with van der Waals surface area (Å²) < 4.78 is 43.1. The van der Waals surface area contributed by atoms with Crippen LogP contribution in [0.5, 0.6) is 0 Å². The summed E-state index contributed by atoms with van der Waals surface area (Å²) in [6, 6.07) is 4.60. The number of aromatic amines is 1. The summed E-state index contributed by atoms with van der Waals surface area (Å²) in [5, 5.41) is 2.68. The number of carbonyl (C=O) groups excluding carboxylic acids is 2. The van der Waals surface area contributed by atoms with Crippen LogP contribution in [0.2, 0.25) is 0 Å². The van der Waals surface area contributed by atoms with Crippen molar-refractivity contribution < 1.29 is 27.5 Å². The second-order valence-electron chi connectivity index (χ2n) is 5.70. The summed E-state index contributed by atoms with van der Waals surface area (Å²) in [7, 11) is 0. The number of H-pyrrole nitrogens is 1. The third kappa shape index (κ3) is 4.25. The minimum atomic E-state index is -4.45. The van der Waals surface area contributed by atoms with Crippen LogP contribution in [-0.2, 0) is 10.9 Å². The fourth-order valence-corrected chi connectivity index (χ4v) is 2.61. The van der Waals surface area contributed by atoms with Crippen LogP contribution in [0, 0.1) is 13.8 Å². The second kappa shape index (κ2) is 7.63. The molecule has 2 rings (SSSR count). The number of Topliss-reactive ketones (excluding diaryl/α,β-unsaturated/α-hetero) is 1. The number of ether oxygens (including phenoxy) is 1. The molecule has 0 saturated carbocycles. The molecule has 0 amide bonds. The van der Waals surface area contributed by atoms with E-state index < -0.39 is 17.7 Å². The SMILES string of the molecule is CCOC(=O)c1c(C)[nH]c(C(=O)CNc2cccc(C(F)(F)F)c2)c1C. The van der Waals surface area contributed by atoms with Gasteiger partial charge in [0, 0.05) is 11.4 Å². The maximum Gasteiger partial charge on any atom is 0.416 e. The van der Waals surface area contributed by atoms with Crippen molar-refractivity contribution in [2.45, 2.75) is 26.9 Å². The maximum atomic E-state index is 12.7. The van der Waals surface area contributed by atoms with E-state index in [2.05, 4.69) is 10.3 Å². The molecule has 0 aliphatic carbocycles. The molecule has 0 saturated heterocycles. The Kier molecular flexibility index (Phi) is 5.74. The van der Waals surface area contributed by atoms with Crippen LogP contribution in [0.3, 0.4) is 0 Å². The van der Waals surface area contributed by atoms with Gasteiger partial charge < -0.3 is 15.0 Å². The number of halogens is 3. The zero-order chi connectivity index (χ0) is 19.5. The van der Waals surface area contributed by atoms with Gasteiger partial charge in [-0.25, -0.2) is 4.79 Å². The van der Waals surface area contributed by atoms with E-state index in [-0.39, 0.29) is 30.3 Å². The first-order valence-corrected chi connectivity index (χ1v) is 7.95. The number of esters is 1. The van der Waals surface area contributed by atoms with E-state index in [1.165, 1.54) is 12.1 Å². The largest absolute Gasteiger partial charge is 0.462 e. The first-order chi connectivity index (χ1) is 12.1. The predicted molar refractivity (Wildman–Crippen MR) is 90.5 cm³/mol. The van der Waals surface area contributed by atoms with Gasteiger partial charge in [0.05, 0.1) is 30.0 Å². The lowest BCUT2D eigenvalue weighted by Gasteiger charge is -2.10. The number of ketones is 1. The third-order valence-corrected chi connectivity index (χ3v) is 3.84. The van der Waals surface area contributed by atoms with Crippen molar-refractivity contribution in [3.63, 3.8) is 0 Å². The number of aromatic nitrogens is 1. The Bertz CT molecular complexity index is 826. The molecule has 0 spiro atoms. The Labute approximate surface area is 148 Å². The Balaban J connectivity index is 2.14. The van der Waals surface area contributed by atoms with Crippen LogP contribution in [0.1, 0.15) is 44.6 Å². The Morgan fingerprint density at radius 1 is 1.23 bits per heavy atom. The van der Waals surface area contributed by atoms with E-state index in [0.29, 0.717) is 16.8 Å². The van der Waals surface area contributed by atoms with Crippen molar-refractivity contribution in [2.75, 3.05) is 18.5 Å². The number of hydrogen-bond donors (Lipinski definition) is 2. The van der Waals surface area contributed by atoms with Gasteiger partial charge in [0.2, 0.25) is 0 Å². The number of alkyl halides is 3. The summed E-state index contributed by atoms with van der Waals surface area (Å²) >= 11 is 0. The summed E-state index contributed by atoms with van der Waals surface area (Å²) in [4.78, 5) is 27.2. The fourth-order valence-electron chi connectivity index (χ4n) is 2.61. The van der Waals surface area contributed by atoms with Gasteiger partial charge in [-0.15, -0.1) is 0 Å². The number of hydrogen-bond acceptors (Lipinski definition) is 4. The highest BCUT2D eigenvalue weighted by Crippen LogP contribution is 2.30. The number of anilines is 1. The smallest absolute Gasteiger partial charge is 0.416 e. The zero-order valence-electron chi connectivity index (χ0n) is 14.6. The zero-order valence-corrected chi connectivity index (χ0v) is 14.6. The molecule has 140 valence electrons. The van der Waals surface area contributed by atoms with Crippen molar-refractivity contribution >= 4 is 17.4 Å². The van der Waals surface area contributed by atoms with Crippen LogP contribution in [0.15, 0.2) is 24.3 Å². The predicted octanol–water partition coefficient (Wildman–Crippen LogP) is 4.12. The van der Waals surface area contributed by atoms with E-state index in [1.54, 1.807) is 20.8 Å². The molecule has 1 heterocycles. The molecule has 1 aromatic carbocycles. The van der Waals surface area contributed by atoms with Crippen molar-refractivity contribution in [1.82, 2.24) is 4.98 Å². The molecule has 0 aliphatic rings. The molecule has 1 aromatic heterocycles. The van der Waals surface area contributed by atoms with Gasteiger partial charge in [0.1, 0.15) is 0 Å². The first kappa shape index (κ1) is 19.6. The minimum Gasteiger partial charge on any atom is -0.462 e. The first-order valence-electron chi connectivity index (χ1n) is 7.95. The van der Waals surface area contributed by atoms with Gasteiger partial charge in [-0.3, -0.25) is 4.79 Å². The van der Waals surface area contributed by atoms with Gasteiger partial charge in [0.25, 0.3) is 0 Å². The molecule has 0 unspecified atom stereocenters. The lowest BCUT2D eigenvalue weighted by atomic mass is 10.1. The molecule has 5 nitrogen and oxygen atoms in total. The average Bonchev–Trinajstić information content (AvgIpc) is 2.87. The van der Waals surface area contributed by atoms with Crippen molar-refractivity contribution in [3.05, 3.63) is 52.3 Å². The summed E-state index contributed by atoms with van der Waals surface area (Å²) in [5.41, 5.74) is 0.866. The number of aryl methyl sites for hydroxylation is 1. The van der Waals surface area contributed by atoms with Gasteiger partial charge in [-0.2, -0.15) is 13.2 Å². The van der Waals surface area contributed by atoms with E-state index in [0.717, 1.165) is 12.1 Å². The van der Waals surface area contributed by atoms with Gasteiger partial charge in [0.15, 0.2) is 5.78 Å². The Morgan fingerprint density at radius 2 is 1.92 bits per heavy atom. The molecule has 2 aromatic rings. The van der Waals surface area contributed by atoms with E-state index in [1.807, 2.05) is 0 Å². The topological polar surface area (TPSA) is 71.2 Å². The van der Waals surface area contributed by atoms with Crippen LogP contribution in [-0.4, -0.2) is 29.9 Å². The molecule has 0 fully saturated rings. The lowest BCUT2D eigenvalue weighted by Crippen LogP contribution is -2.16. The molecule has 0 bridgehead atoms. The van der Waals surface area contributed by atoms with E-state index in [4.69, 9.17) is 4.74 Å². The quantitative estimate of drug-likeness (QED) is 0.594. The highest BCUT2D eigenvalue weighted by molar-refractivity contribution is 6.03. The molecular formula is C18H19F3N2O3. The minimum absolute atomic E-state index is 0.180. The molecule has 0 atom stereocenters. The maximum absolute atomic E-state index is 12.7. The molecule has 0 radical (unpaired) electrons. The summed E-state index contributed by atoms with van der Waals surface area (Å²) in [5.74, 6) is -0.901. The monoisotopic (exact) mass is 368 g/mol. The summed E-state index contributed by atoms with van der Waals surface area (Å²) in [6.07, 6.45) is -4.45. The molecule has 8 heteroatoms. The van der Waals surface area contributed by atoms with Gasteiger partial charge in [-0.05, 0) is 44.5 Å². The fraction of sp³-hybridized carbons (Fsp3) is 0.333. The second-order valence-corrected chi connectivity index (χ2v) is 5.70. The van der Waals surface area contributed by atoms with Crippen LogP contribution in [0.4, 0.5) is 18.9 Å². The van der Waals surface area contributed by atoms with Crippen molar-refractivity contribution in [1.29, 1.82) is 0 Å². The number of carbonyl (C=O) groups is 2. The highest BCUT2D eigenvalue weighted by Gasteiger charge is 2.30. The van der Waals surface area contributed by atoms with E-state index >= 15 is 0 Å². The molecule has 0 aliphatic heterocycles. The Morgan fingerprint density at radius 3 is 2.54 bits per heavy atom. The van der Waals surface area contributed by atoms with Crippen molar-refractivity contribution in [3.8, 4) is 0 Å². The molecule has 26 heavy (non-hydrogen) atoms. The van der Waals surface area contributed by atoms with Crippen LogP contribution in [0.25, 0.3) is 0 Å². The Hall–Kier alpha value is -2.77. The number of rotatable bonds is 6.